The number of benzene rings is 2. The minimum atomic E-state index is -4.06. The van der Waals surface area contributed by atoms with E-state index in [-0.39, 0.29) is 26.2 Å². The smallest absolute Gasteiger partial charge is 0.335 e. The largest absolute Gasteiger partial charge is 0.478 e. The molecule has 2 rings (SSSR count). The van der Waals surface area contributed by atoms with Crippen molar-refractivity contribution >= 4 is 56.5 Å². The SMILES string of the molecule is Cc1ccc(C(=O)O)cc1S(=O)(=O)NNc1c(Cl)cc(Cl)cc1Cl. The Morgan fingerprint density at radius 1 is 1.08 bits per heavy atom. The number of aryl methyl sites for hydroxylation is 1. The Kier molecular flexibility index (Phi) is 5.62. The summed E-state index contributed by atoms with van der Waals surface area (Å²) in [6, 6.07) is 6.56. The van der Waals surface area contributed by atoms with Gasteiger partial charge in [0, 0.05) is 5.02 Å². The number of carboxylic acids is 1. The molecule has 0 fully saturated rings. The number of anilines is 1. The van der Waals surface area contributed by atoms with Crippen LogP contribution >= 0.6 is 34.8 Å². The average Bonchev–Trinajstić information content (AvgIpc) is 2.45. The van der Waals surface area contributed by atoms with Crippen molar-refractivity contribution in [2.45, 2.75) is 11.8 Å². The van der Waals surface area contributed by atoms with Crippen molar-refractivity contribution in [3.63, 3.8) is 0 Å². The minimum absolute atomic E-state index is 0.117. The molecule has 2 aromatic rings. The Labute approximate surface area is 153 Å². The van der Waals surface area contributed by atoms with Crippen molar-refractivity contribution < 1.29 is 18.3 Å². The van der Waals surface area contributed by atoms with Crippen LogP contribution in [0.2, 0.25) is 15.1 Å². The summed E-state index contributed by atoms with van der Waals surface area (Å²) in [5.41, 5.74) is 2.77. The van der Waals surface area contributed by atoms with Gasteiger partial charge in [-0.05, 0) is 36.8 Å². The second-order valence-corrected chi connectivity index (χ2v) is 7.66. The summed E-state index contributed by atoms with van der Waals surface area (Å²) in [6.07, 6.45) is 0. The van der Waals surface area contributed by atoms with Crippen LogP contribution in [0.5, 0.6) is 0 Å². The van der Waals surface area contributed by atoms with Gasteiger partial charge in [0.05, 0.1) is 26.2 Å². The summed E-state index contributed by atoms with van der Waals surface area (Å²) in [5.74, 6) is -1.23. The van der Waals surface area contributed by atoms with E-state index in [0.717, 1.165) is 6.07 Å². The molecule has 0 amide bonds. The Hall–Kier alpha value is -1.51. The van der Waals surface area contributed by atoms with Crippen LogP contribution in [-0.2, 0) is 10.0 Å². The highest BCUT2D eigenvalue weighted by atomic mass is 35.5. The molecule has 0 spiro atoms. The minimum Gasteiger partial charge on any atom is -0.478 e. The number of halogens is 3. The number of sulfonamides is 1. The Morgan fingerprint density at radius 3 is 2.21 bits per heavy atom. The third kappa shape index (κ3) is 4.12. The van der Waals surface area contributed by atoms with Crippen LogP contribution in [0.1, 0.15) is 15.9 Å². The number of nitrogens with one attached hydrogen (secondary N) is 2. The fourth-order valence-electron chi connectivity index (χ4n) is 1.86. The fraction of sp³-hybridized carbons (Fsp3) is 0.0714. The number of hydrazine groups is 1. The second-order valence-electron chi connectivity index (χ2n) is 4.76. The van der Waals surface area contributed by atoms with Crippen molar-refractivity contribution in [3.05, 3.63) is 56.5 Å². The van der Waals surface area contributed by atoms with E-state index in [2.05, 4.69) is 10.3 Å². The molecule has 3 N–H and O–H groups in total. The lowest BCUT2D eigenvalue weighted by Crippen LogP contribution is -2.30. The summed E-state index contributed by atoms with van der Waals surface area (Å²) < 4.78 is 24.8. The molecular weight excluding hydrogens is 399 g/mol. The lowest BCUT2D eigenvalue weighted by atomic mass is 10.1. The van der Waals surface area contributed by atoms with Crippen LogP contribution in [-0.4, -0.2) is 19.5 Å². The van der Waals surface area contributed by atoms with Crippen LogP contribution < -0.4 is 10.3 Å². The topological polar surface area (TPSA) is 95.5 Å². The summed E-state index contributed by atoms with van der Waals surface area (Å²) in [4.78, 5) is 12.9. The molecule has 128 valence electrons. The van der Waals surface area contributed by atoms with Gasteiger partial charge < -0.3 is 10.5 Å². The van der Waals surface area contributed by atoms with Crippen LogP contribution in [0.4, 0.5) is 5.69 Å². The van der Waals surface area contributed by atoms with Gasteiger partial charge in [-0.25, -0.2) is 13.2 Å². The molecule has 0 unspecified atom stereocenters. The van der Waals surface area contributed by atoms with Crippen molar-refractivity contribution in [2.24, 2.45) is 0 Å². The van der Waals surface area contributed by atoms with Gasteiger partial charge in [0.1, 0.15) is 0 Å². The van der Waals surface area contributed by atoms with E-state index >= 15 is 0 Å². The standard InChI is InChI=1S/C14H11Cl3N2O4S/c1-7-2-3-8(14(20)21)4-12(7)24(22,23)19-18-13-10(16)5-9(15)6-11(13)17/h2-6,18-19H,1H3,(H,20,21). The lowest BCUT2D eigenvalue weighted by Gasteiger charge is -2.14. The van der Waals surface area contributed by atoms with Crippen LogP contribution in [0.3, 0.4) is 0 Å². The molecule has 0 heterocycles. The molecule has 0 radical (unpaired) electrons. The van der Waals surface area contributed by atoms with Gasteiger partial charge in [-0.2, -0.15) is 0 Å². The Bertz CT molecular complexity index is 893. The zero-order valence-electron chi connectivity index (χ0n) is 12.1. The summed E-state index contributed by atoms with van der Waals surface area (Å²) >= 11 is 17.7. The van der Waals surface area contributed by atoms with Gasteiger partial charge in [-0.3, -0.25) is 0 Å². The van der Waals surface area contributed by atoms with E-state index in [0.29, 0.717) is 10.6 Å². The quantitative estimate of drug-likeness (QED) is 0.650. The molecule has 0 saturated carbocycles. The van der Waals surface area contributed by atoms with E-state index in [1.807, 2.05) is 0 Å². The van der Waals surface area contributed by atoms with Gasteiger partial charge in [0.15, 0.2) is 0 Å². The van der Waals surface area contributed by atoms with Crippen LogP contribution in [0.25, 0.3) is 0 Å². The number of hydrogen-bond acceptors (Lipinski definition) is 4. The molecule has 2 aromatic carbocycles. The van der Waals surface area contributed by atoms with E-state index in [1.165, 1.54) is 24.3 Å². The van der Waals surface area contributed by atoms with E-state index in [4.69, 9.17) is 39.9 Å². The molecule has 0 atom stereocenters. The van der Waals surface area contributed by atoms with Crippen LogP contribution in [0.15, 0.2) is 35.2 Å². The Morgan fingerprint density at radius 2 is 1.67 bits per heavy atom. The zero-order chi connectivity index (χ0) is 18.1. The third-order valence-electron chi connectivity index (χ3n) is 3.04. The molecule has 6 nitrogen and oxygen atoms in total. The lowest BCUT2D eigenvalue weighted by molar-refractivity contribution is 0.0696. The molecule has 24 heavy (non-hydrogen) atoms. The highest BCUT2D eigenvalue weighted by Crippen LogP contribution is 2.33. The molecule has 0 aromatic heterocycles. The van der Waals surface area contributed by atoms with Gasteiger partial charge in [0.25, 0.3) is 10.0 Å². The Balaban J connectivity index is 2.33. The van der Waals surface area contributed by atoms with Crippen LogP contribution in [0, 0.1) is 6.92 Å². The first-order chi connectivity index (χ1) is 11.1. The second kappa shape index (κ2) is 7.16. The number of carboxylic acid groups (broad SMARTS) is 1. The first-order valence-corrected chi connectivity index (χ1v) is 9.00. The van der Waals surface area contributed by atoms with Crippen molar-refractivity contribution in [3.8, 4) is 0 Å². The van der Waals surface area contributed by atoms with Gasteiger partial charge in [-0.15, -0.1) is 4.83 Å². The monoisotopic (exact) mass is 408 g/mol. The highest BCUT2D eigenvalue weighted by Gasteiger charge is 2.20. The summed E-state index contributed by atoms with van der Waals surface area (Å²) in [5, 5.41) is 9.52. The number of hydrogen-bond donors (Lipinski definition) is 3. The highest BCUT2D eigenvalue weighted by molar-refractivity contribution is 7.89. The molecule has 10 heteroatoms. The molecule has 0 aliphatic rings. The third-order valence-corrected chi connectivity index (χ3v) is 5.25. The van der Waals surface area contributed by atoms with E-state index in [1.54, 1.807) is 6.92 Å². The molecule has 0 bridgehead atoms. The average molecular weight is 410 g/mol. The van der Waals surface area contributed by atoms with E-state index < -0.39 is 16.0 Å². The summed E-state index contributed by atoms with van der Waals surface area (Å²) in [6.45, 7) is 1.54. The van der Waals surface area contributed by atoms with Gasteiger partial charge in [0.2, 0.25) is 0 Å². The molecule has 0 aliphatic carbocycles. The zero-order valence-corrected chi connectivity index (χ0v) is 15.2. The number of carbonyl (C=O) groups is 1. The number of aromatic carboxylic acids is 1. The molecular formula is C14H11Cl3N2O4S. The van der Waals surface area contributed by atoms with Gasteiger partial charge >= 0.3 is 5.97 Å². The first-order valence-electron chi connectivity index (χ1n) is 6.38. The maximum Gasteiger partial charge on any atom is 0.335 e. The molecule has 0 saturated heterocycles. The van der Waals surface area contributed by atoms with Gasteiger partial charge in [-0.1, -0.05) is 40.9 Å². The first kappa shape index (κ1) is 18.8. The maximum atomic E-state index is 12.4. The summed E-state index contributed by atoms with van der Waals surface area (Å²) in [7, 11) is -4.06. The number of rotatable bonds is 5. The van der Waals surface area contributed by atoms with E-state index in [9.17, 15) is 13.2 Å². The maximum absolute atomic E-state index is 12.4. The van der Waals surface area contributed by atoms with Crippen molar-refractivity contribution in [1.82, 2.24) is 4.83 Å². The normalized spacial score (nSPS) is 11.3. The van der Waals surface area contributed by atoms with Crippen molar-refractivity contribution in [2.75, 3.05) is 5.43 Å². The predicted molar refractivity (Wildman–Crippen MR) is 93.6 cm³/mol. The predicted octanol–water partition coefficient (Wildman–Crippen LogP) is 3.96. The van der Waals surface area contributed by atoms with Crippen molar-refractivity contribution in [1.29, 1.82) is 0 Å². The molecule has 0 aliphatic heterocycles. The fourth-order valence-corrected chi connectivity index (χ4v) is 3.89.